The summed E-state index contributed by atoms with van der Waals surface area (Å²) < 4.78 is 11.2. The summed E-state index contributed by atoms with van der Waals surface area (Å²) in [5.41, 5.74) is 2.81. The maximum atomic E-state index is 12.7. The van der Waals surface area contributed by atoms with Crippen LogP contribution in [-0.4, -0.2) is 31.6 Å². The fourth-order valence-electron chi connectivity index (χ4n) is 3.43. The van der Waals surface area contributed by atoms with Gasteiger partial charge in [-0.1, -0.05) is 6.07 Å². The Labute approximate surface area is 163 Å². The Morgan fingerprint density at radius 1 is 1.25 bits per heavy atom. The molecule has 0 unspecified atom stereocenters. The highest BCUT2D eigenvalue weighted by atomic mass is 16.5. The van der Waals surface area contributed by atoms with Crippen LogP contribution in [0.1, 0.15) is 25.3 Å². The molecule has 2 aromatic rings. The molecule has 0 atom stereocenters. The molecule has 0 aliphatic carbocycles. The largest absolute Gasteiger partial charge is 0.494 e. The van der Waals surface area contributed by atoms with E-state index in [1.807, 2.05) is 55.5 Å². The Kier molecular flexibility index (Phi) is 5.02. The molecule has 0 bridgehead atoms. The van der Waals surface area contributed by atoms with E-state index in [9.17, 15) is 9.59 Å². The van der Waals surface area contributed by atoms with Crippen molar-refractivity contribution in [3.05, 3.63) is 53.6 Å². The van der Waals surface area contributed by atoms with Gasteiger partial charge in [-0.15, -0.1) is 0 Å². The molecule has 144 valence electrons. The molecular weight excluding hydrogens is 356 g/mol. The Bertz CT molecular complexity index is 951. The zero-order valence-corrected chi connectivity index (χ0v) is 15.7. The number of amides is 2. The standard InChI is InChI=1S/C22H22N2O4/c1-2-27-19-8-9-20-15(12-19)11-16(14-28-20)22(26)23-17-5-3-6-18(13-17)24-10-4-7-21(24)25/h3,5-6,8-9,11-13H,2,4,7,10,14H2,1H3,(H,23,26). The molecule has 0 radical (unpaired) electrons. The van der Waals surface area contributed by atoms with Gasteiger partial charge in [-0.05, 0) is 55.8 Å². The number of nitrogens with zero attached hydrogens (tertiary/aromatic N) is 1. The molecular formula is C22H22N2O4. The topological polar surface area (TPSA) is 67.9 Å². The molecule has 0 aromatic heterocycles. The van der Waals surface area contributed by atoms with E-state index in [1.54, 1.807) is 4.90 Å². The first-order valence-corrected chi connectivity index (χ1v) is 9.46. The molecule has 2 amide bonds. The average molecular weight is 378 g/mol. The van der Waals surface area contributed by atoms with E-state index in [0.29, 0.717) is 30.8 Å². The van der Waals surface area contributed by atoms with E-state index in [4.69, 9.17) is 9.47 Å². The SMILES string of the molecule is CCOc1ccc2c(c1)C=C(C(=O)Nc1cccc(N3CCCC3=O)c1)CO2. The number of ether oxygens (including phenoxy) is 2. The van der Waals surface area contributed by atoms with Crippen LogP contribution in [0.5, 0.6) is 11.5 Å². The Hall–Kier alpha value is -3.28. The van der Waals surface area contributed by atoms with Crippen LogP contribution in [0.4, 0.5) is 11.4 Å². The number of hydrogen-bond donors (Lipinski definition) is 1. The lowest BCUT2D eigenvalue weighted by Gasteiger charge is -2.19. The molecule has 6 heteroatoms. The lowest BCUT2D eigenvalue weighted by atomic mass is 10.1. The van der Waals surface area contributed by atoms with Gasteiger partial charge in [-0.25, -0.2) is 0 Å². The molecule has 1 fully saturated rings. The third kappa shape index (κ3) is 3.71. The molecule has 2 aliphatic rings. The lowest BCUT2D eigenvalue weighted by molar-refractivity contribution is -0.117. The molecule has 28 heavy (non-hydrogen) atoms. The van der Waals surface area contributed by atoms with Gasteiger partial charge in [0, 0.05) is 29.9 Å². The Morgan fingerprint density at radius 2 is 2.14 bits per heavy atom. The van der Waals surface area contributed by atoms with Gasteiger partial charge in [0.1, 0.15) is 18.1 Å². The highest BCUT2D eigenvalue weighted by molar-refractivity contribution is 6.08. The summed E-state index contributed by atoms with van der Waals surface area (Å²) in [6, 6.07) is 12.9. The van der Waals surface area contributed by atoms with E-state index >= 15 is 0 Å². The van der Waals surface area contributed by atoms with Gasteiger partial charge in [0.15, 0.2) is 0 Å². The van der Waals surface area contributed by atoms with Crippen LogP contribution < -0.4 is 19.7 Å². The minimum Gasteiger partial charge on any atom is -0.494 e. The highest BCUT2D eigenvalue weighted by Crippen LogP contribution is 2.31. The zero-order chi connectivity index (χ0) is 19.5. The normalized spacial score (nSPS) is 15.5. The summed E-state index contributed by atoms with van der Waals surface area (Å²) in [6.07, 6.45) is 3.26. The van der Waals surface area contributed by atoms with Crippen LogP contribution in [0.15, 0.2) is 48.0 Å². The molecule has 1 N–H and O–H groups in total. The number of hydrogen-bond acceptors (Lipinski definition) is 4. The van der Waals surface area contributed by atoms with Gasteiger partial charge in [-0.3, -0.25) is 9.59 Å². The van der Waals surface area contributed by atoms with E-state index in [-0.39, 0.29) is 18.4 Å². The van der Waals surface area contributed by atoms with E-state index in [0.717, 1.165) is 29.2 Å². The van der Waals surface area contributed by atoms with Crippen LogP contribution in [0.25, 0.3) is 6.08 Å². The van der Waals surface area contributed by atoms with Crippen molar-refractivity contribution < 1.29 is 19.1 Å². The van der Waals surface area contributed by atoms with E-state index < -0.39 is 0 Å². The van der Waals surface area contributed by atoms with Crippen molar-refractivity contribution in [1.82, 2.24) is 0 Å². The van der Waals surface area contributed by atoms with E-state index in [1.165, 1.54) is 0 Å². The first kappa shape index (κ1) is 18.1. The summed E-state index contributed by atoms with van der Waals surface area (Å²) in [5.74, 6) is 1.37. The molecule has 2 aliphatic heterocycles. The van der Waals surface area contributed by atoms with Crippen LogP contribution >= 0.6 is 0 Å². The van der Waals surface area contributed by atoms with Crippen molar-refractivity contribution in [3.63, 3.8) is 0 Å². The predicted octanol–water partition coefficient (Wildman–Crippen LogP) is 3.63. The molecule has 2 aromatic carbocycles. The quantitative estimate of drug-likeness (QED) is 0.863. The van der Waals surface area contributed by atoms with Crippen LogP contribution in [0.3, 0.4) is 0 Å². The Balaban J connectivity index is 1.51. The molecule has 4 rings (SSSR count). The highest BCUT2D eigenvalue weighted by Gasteiger charge is 2.22. The average Bonchev–Trinajstić information content (AvgIpc) is 3.14. The number of nitrogens with one attached hydrogen (secondary N) is 1. The Morgan fingerprint density at radius 3 is 2.93 bits per heavy atom. The first-order chi connectivity index (χ1) is 13.6. The van der Waals surface area contributed by atoms with Crippen molar-refractivity contribution in [1.29, 1.82) is 0 Å². The van der Waals surface area contributed by atoms with Gasteiger partial charge in [0.2, 0.25) is 5.91 Å². The first-order valence-electron chi connectivity index (χ1n) is 9.46. The van der Waals surface area contributed by atoms with Crippen molar-refractivity contribution in [3.8, 4) is 11.5 Å². The molecule has 2 heterocycles. The second kappa shape index (κ2) is 7.76. The second-order valence-corrected chi connectivity index (χ2v) is 6.74. The van der Waals surface area contributed by atoms with Gasteiger partial charge >= 0.3 is 0 Å². The number of rotatable bonds is 5. The third-order valence-corrected chi connectivity index (χ3v) is 4.79. The van der Waals surface area contributed by atoms with Crippen molar-refractivity contribution in [2.24, 2.45) is 0 Å². The van der Waals surface area contributed by atoms with Crippen molar-refractivity contribution >= 4 is 29.3 Å². The number of carbonyl (C=O) groups is 2. The number of fused-ring (bicyclic) bond motifs is 1. The predicted molar refractivity (Wildman–Crippen MR) is 108 cm³/mol. The fourth-order valence-corrected chi connectivity index (χ4v) is 3.43. The maximum Gasteiger partial charge on any atom is 0.255 e. The van der Waals surface area contributed by atoms with Gasteiger partial charge < -0.3 is 19.7 Å². The maximum absolute atomic E-state index is 12.7. The summed E-state index contributed by atoms with van der Waals surface area (Å²) in [6.45, 7) is 3.42. The fraction of sp³-hybridized carbons (Fsp3) is 0.273. The van der Waals surface area contributed by atoms with Gasteiger partial charge in [0.25, 0.3) is 5.91 Å². The van der Waals surface area contributed by atoms with Crippen LogP contribution in [-0.2, 0) is 9.59 Å². The third-order valence-electron chi connectivity index (χ3n) is 4.79. The van der Waals surface area contributed by atoms with Crippen LogP contribution in [0.2, 0.25) is 0 Å². The zero-order valence-electron chi connectivity index (χ0n) is 15.7. The molecule has 1 saturated heterocycles. The van der Waals surface area contributed by atoms with Crippen LogP contribution in [0, 0.1) is 0 Å². The molecule has 0 spiro atoms. The lowest BCUT2D eigenvalue weighted by Crippen LogP contribution is -2.24. The minimum absolute atomic E-state index is 0.119. The van der Waals surface area contributed by atoms with Crippen molar-refractivity contribution in [2.75, 3.05) is 30.0 Å². The smallest absolute Gasteiger partial charge is 0.255 e. The number of anilines is 2. The summed E-state index contributed by atoms with van der Waals surface area (Å²) in [4.78, 5) is 26.4. The summed E-state index contributed by atoms with van der Waals surface area (Å²) in [5, 5.41) is 2.90. The second-order valence-electron chi connectivity index (χ2n) is 6.74. The minimum atomic E-state index is -0.225. The van der Waals surface area contributed by atoms with Gasteiger partial charge in [0.05, 0.1) is 12.2 Å². The molecule has 0 saturated carbocycles. The summed E-state index contributed by atoms with van der Waals surface area (Å²) in [7, 11) is 0. The monoisotopic (exact) mass is 378 g/mol. The van der Waals surface area contributed by atoms with Gasteiger partial charge in [-0.2, -0.15) is 0 Å². The molecule has 6 nitrogen and oxygen atoms in total. The van der Waals surface area contributed by atoms with Crippen molar-refractivity contribution in [2.45, 2.75) is 19.8 Å². The van der Waals surface area contributed by atoms with E-state index in [2.05, 4.69) is 5.32 Å². The summed E-state index contributed by atoms with van der Waals surface area (Å²) >= 11 is 0. The number of carbonyl (C=O) groups excluding carboxylic acids is 2. The number of benzene rings is 2.